The number of nitrogens with zero attached hydrogens (tertiary/aromatic N) is 3. The molecule has 0 bridgehead atoms. The van der Waals surface area contributed by atoms with Crippen molar-refractivity contribution in [3.05, 3.63) is 144 Å². The van der Waals surface area contributed by atoms with Crippen LogP contribution in [0.5, 0.6) is 0 Å². The average Bonchev–Trinajstić information content (AvgIpc) is 3.56. The molecule has 5 rings (SSSR count). The van der Waals surface area contributed by atoms with Gasteiger partial charge in [-0.3, -0.25) is 29.9 Å². The topological polar surface area (TPSA) is 171 Å². The summed E-state index contributed by atoms with van der Waals surface area (Å²) in [5, 5.41) is 17.1. The van der Waals surface area contributed by atoms with E-state index in [9.17, 15) is 29.3 Å². The first kappa shape index (κ1) is 29.5. The lowest BCUT2D eigenvalue weighted by atomic mass is 9.84. The van der Waals surface area contributed by atoms with Gasteiger partial charge < -0.3 is 9.47 Å². The first-order valence-corrected chi connectivity index (χ1v) is 13.7. The van der Waals surface area contributed by atoms with Crippen molar-refractivity contribution >= 4 is 17.6 Å². The van der Waals surface area contributed by atoms with Gasteiger partial charge in [0.25, 0.3) is 16.8 Å². The maximum atomic E-state index is 14.2. The molecule has 3 aromatic carbocycles. The third-order valence-electron chi connectivity index (χ3n) is 6.86. The molecular weight excluding hydrogens is 570 g/mol. The summed E-state index contributed by atoms with van der Waals surface area (Å²) in [6, 6.07) is 22.0. The summed E-state index contributed by atoms with van der Waals surface area (Å²) in [5.41, 5.74) is -1.58. The SMILES string of the molecule is CCOC(=O)c1[nH]n(-c2ccccc2)c(=O)c1C(c1ccc([N+](=O)[O-])cc1)c1c(C(=O)OCC)[nH]n(-c2ccccc2)c1=O. The van der Waals surface area contributed by atoms with Gasteiger partial charge in [0.15, 0.2) is 11.4 Å². The van der Waals surface area contributed by atoms with Gasteiger partial charge in [0.05, 0.1) is 40.6 Å². The number of ether oxygens (including phenoxy) is 2. The number of nitro benzene ring substituents is 1. The Morgan fingerprint density at radius 3 is 1.50 bits per heavy atom. The molecular formula is C31H27N5O8. The molecule has 0 spiro atoms. The number of hydrogen-bond acceptors (Lipinski definition) is 8. The summed E-state index contributed by atoms with van der Waals surface area (Å²) < 4.78 is 12.8. The van der Waals surface area contributed by atoms with E-state index in [1.807, 2.05) is 0 Å². The fourth-order valence-electron chi connectivity index (χ4n) is 4.94. The summed E-state index contributed by atoms with van der Waals surface area (Å²) >= 11 is 0. The summed E-state index contributed by atoms with van der Waals surface area (Å²) in [6.07, 6.45) is 0. The summed E-state index contributed by atoms with van der Waals surface area (Å²) in [5.74, 6) is -3.13. The molecule has 13 nitrogen and oxygen atoms in total. The number of non-ortho nitro benzene ring substituents is 1. The van der Waals surface area contributed by atoms with E-state index < -0.39 is 33.9 Å². The molecule has 13 heteroatoms. The van der Waals surface area contributed by atoms with Crippen molar-refractivity contribution in [2.75, 3.05) is 13.2 Å². The van der Waals surface area contributed by atoms with Gasteiger partial charge in [-0.05, 0) is 43.7 Å². The number of hydrogen-bond donors (Lipinski definition) is 2. The maximum absolute atomic E-state index is 14.2. The summed E-state index contributed by atoms with van der Waals surface area (Å²) in [4.78, 5) is 66.0. The van der Waals surface area contributed by atoms with E-state index in [1.54, 1.807) is 74.5 Å². The molecule has 44 heavy (non-hydrogen) atoms. The number of nitrogens with one attached hydrogen (secondary N) is 2. The standard InChI is InChI=1S/C31H27N5O8/c1-3-43-30(39)26-24(28(37)34(32-26)20-11-7-5-8-12-20)23(19-15-17-22(18-16-19)36(41)42)25-27(31(40)44-4-2)33-35(29(25)38)21-13-9-6-10-14-21/h5-18,23,32-33H,3-4H2,1-2H3. The van der Waals surface area contributed by atoms with Crippen molar-refractivity contribution in [3.63, 3.8) is 0 Å². The molecule has 2 N–H and O–H groups in total. The predicted octanol–water partition coefficient (Wildman–Crippen LogP) is 4.09. The van der Waals surface area contributed by atoms with Gasteiger partial charge in [-0.15, -0.1) is 0 Å². The second-order valence-electron chi connectivity index (χ2n) is 9.48. The van der Waals surface area contributed by atoms with Crippen molar-refractivity contribution < 1.29 is 24.0 Å². The number of rotatable bonds is 10. The third-order valence-corrected chi connectivity index (χ3v) is 6.86. The number of H-pyrrole nitrogens is 2. The van der Waals surface area contributed by atoms with Crippen molar-refractivity contribution in [1.29, 1.82) is 0 Å². The molecule has 0 saturated heterocycles. The molecule has 0 amide bonds. The monoisotopic (exact) mass is 597 g/mol. The van der Waals surface area contributed by atoms with Crippen LogP contribution >= 0.6 is 0 Å². The Morgan fingerprint density at radius 1 is 0.727 bits per heavy atom. The smallest absolute Gasteiger partial charge is 0.356 e. The highest BCUT2D eigenvalue weighted by Crippen LogP contribution is 2.34. The Hall–Kier alpha value is -5.98. The number of aromatic amines is 2. The molecule has 0 atom stereocenters. The number of aromatic nitrogens is 4. The van der Waals surface area contributed by atoms with Gasteiger partial charge in [0, 0.05) is 18.1 Å². The zero-order valence-corrected chi connectivity index (χ0v) is 23.7. The lowest BCUT2D eigenvalue weighted by Crippen LogP contribution is -2.27. The van der Waals surface area contributed by atoms with Crippen LogP contribution in [-0.4, -0.2) is 49.6 Å². The van der Waals surface area contributed by atoms with Crippen LogP contribution in [-0.2, 0) is 9.47 Å². The van der Waals surface area contributed by atoms with Crippen LogP contribution < -0.4 is 11.1 Å². The lowest BCUT2D eigenvalue weighted by molar-refractivity contribution is -0.384. The normalized spacial score (nSPS) is 11.0. The van der Waals surface area contributed by atoms with Gasteiger partial charge in [-0.1, -0.05) is 48.5 Å². The fraction of sp³-hybridized carbons (Fsp3) is 0.161. The number of carbonyl (C=O) groups is 2. The van der Waals surface area contributed by atoms with Crippen LogP contribution in [0.1, 0.15) is 57.4 Å². The van der Waals surface area contributed by atoms with E-state index in [2.05, 4.69) is 10.2 Å². The van der Waals surface area contributed by atoms with E-state index in [1.165, 1.54) is 24.3 Å². The van der Waals surface area contributed by atoms with E-state index in [-0.39, 0.29) is 47.0 Å². The van der Waals surface area contributed by atoms with Gasteiger partial charge in [0.2, 0.25) is 0 Å². The second kappa shape index (κ2) is 12.5. The molecule has 5 aromatic rings. The van der Waals surface area contributed by atoms with E-state index in [4.69, 9.17) is 9.47 Å². The van der Waals surface area contributed by atoms with Gasteiger partial charge in [0.1, 0.15) is 0 Å². The van der Waals surface area contributed by atoms with Crippen LogP contribution in [0.3, 0.4) is 0 Å². The molecule has 0 radical (unpaired) electrons. The van der Waals surface area contributed by atoms with Gasteiger partial charge >= 0.3 is 11.9 Å². The molecule has 0 saturated carbocycles. The van der Waals surface area contributed by atoms with Gasteiger partial charge in [-0.25, -0.2) is 19.0 Å². The van der Waals surface area contributed by atoms with Crippen LogP contribution in [0.4, 0.5) is 5.69 Å². The minimum Gasteiger partial charge on any atom is -0.461 e. The van der Waals surface area contributed by atoms with E-state index in [0.717, 1.165) is 9.36 Å². The molecule has 0 fully saturated rings. The van der Waals surface area contributed by atoms with Crippen molar-refractivity contribution in [2.24, 2.45) is 0 Å². The Labute approximate surface area is 249 Å². The third kappa shape index (κ3) is 5.45. The van der Waals surface area contributed by atoms with Crippen LogP contribution in [0.15, 0.2) is 94.5 Å². The number of para-hydroxylation sites is 2. The Kier molecular flexibility index (Phi) is 8.37. The fourth-order valence-corrected chi connectivity index (χ4v) is 4.94. The minimum absolute atomic E-state index is 0.0158. The number of benzene rings is 3. The van der Waals surface area contributed by atoms with Gasteiger partial charge in [-0.2, -0.15) is 0 Å². The maximum Gasteiger partial charge on any atom is 0.356 e. The van der Waals surface area contributed by atoms with Crippen LogP contribution in [0.2, 0.25) is 0 Å². The second-order valence-corrected chi connectivity index (χ2v) is 9.48. The summed E-state index contributed by atoms with van der Waals surface area (Å²) in [6.45, 7) is 3.17. The molecule has 224 valence electrons. The number of nitro groups is 1. The molecule has 2 aromatic heterocycles. The predicted molar refractivity (Wildman–Crippen MR) is 159 cm³/mol. The quantitative estimate of drug-likeness (QED) is 0.138. The molecule has 0 unspecified atom stereocenters. The highest BCUT2D eigenvalue weighted by atomic mass is 16.6. The zero-order valence-electron chi connectivity index (χ0n) is 23.7. The summed E-state index contributed by atoms with van der Waals surface area (Å²) in [7, 11) is 0. The Balaban J connectivity index is 1.89. The first-order chi connectivity index (χ1) is 21.3. The van der Waals surface area contributed by atoms with Crippen molar-refractivity contribution in [3.8, 4) is 11.4 Å². The average molecular weight is 598 g/mol. The van der Waals surface area contributed by atoms with Crippen LogP contribution in [0, 0.1) is 10.1 Å². The lowest BCUT2D eigenvalue weighted by Gasteiger charge is -2.16. The molecule has 0 aliphatic carbocycles. The number of esters is 2. The minimum atomic E-state index is -1.38. The zero-order chi connectivity index (χ0) is 31.4. The van der Waals surface area contributed by atoms with E-state index >= 15 is 0 Å². The number of carbonyl (C=O) groups excluding carboxylic acids is 2. The molecule has 0 aliphatic rings. The first-order valence-electron chi connectivity index (χ1n) is 13.7. The molecule has 2 heterocycles. The highest BCUT2D eigenvalue weighted by Gasteiger charge is 2.37. The van der Waals surface area contributed by atoms with Crippen molar-refractivity contribution in [1.82, 2.24) is 19.6 Å². The largest absolute Gasteiger partial charge is 0.461 e. The van der Waals surface area contributed by atoms with E-state index in [0.29, 0.717) is 11.4 Å². The Morgan fingerprint density at radius 2 is 1.14 bits per heavy atom. The Bertz CT molecular complexity index is 1820. The van der Waals surface area contributed by atoms with Crippen molar-refractivity contribution in [2.45, 2.75) is 19.8 Å². The van der Waals surface area contributed by atoms with Crippen LogP contribution in [0.25, 0.3) is 11.4 Å². The molecule has 0 aliphatic heterocycles. The highest BCUT2D eigenvalue weighted by molar-refractivity contribution is 5.92.